The normalized spacial score (nSPS) is 12.5. The highest BCUT2D eigenvalue weighted by Crippen LogP contribution is 2.40. The summed E-state index contributed by atoms with van der Waals surface area (Å²) in [7, 11) is 3.03. The van der Waals surface area contributed by atoms with Gasteiger partial charge in [0.05, 0.1) is 19.9 Å². The van der Waals surface area contributed by atoms with E-state index in [9.17, 15) is 4.79 Å². The number of anilines is 1. The Balaban J connectivity index is 1.93. The molecule has 1 amide bonds. The number of nitrogens with one attached hydrogen (secondary N) is 1. The zero-order valence-electron chi connectivity index (χ0n) is 14.1. The van der Waals surface area contributed by atoms with Crippen molar-refractivity contribution in [2.24, 2.45) is 0 Å². The number of aryl methyl sites for hydroxylation is 1. The summed E-state index contributed by atoms with van der Waals surface area (Å²) in [6, 6.07) is 6.66. The van der Waals surface area contributed by atoms with Crippen molar-refractivity contribution in [3.63, 3.8) is 0 Å². The van der Waals surface area contributed by atoms with Gasteiger partial charge in [0, 0.05) is 16.7 Å². The van der Waals surface area contributed by atoms with Gasteiger partial charge in [-0.3, -0.25) is 4.79 Å². The van der Waals surface area contributed by atoms with Crippen molar-refractivity contribution in [1.82, 2.24) is 0 Å². The first-order chi connectivity index (χ1) is 12.0. The minimum absolute atomic E-state index is 0.324. The quantitative estimate of drug-likeness (QED) is 0.897. The number of carbonyl (C=O) groups excluding carboxylic acids is 1. The molecule has 0 aliphatic carbocycles. The molecule has 2 aromatic rings. The molecule has 0 bridgehead atoms. The van der Waals surface area contributed by atoms with Crippen molar-refractivity contribution in [3.05, 3.63) is 40.4 Å². The van der Waals surface area contributed by atoms with Crippen molar-refractivity contribution in [3.8, 4) is 23.0 Å². The van der Waals surface area contributed by atoms with E-state index >= 15 is 0 Å². The number of amides is 1. The van der Waals surface area contributed by atoms with Gasteiger partial charge in [-0.2, -0.15) is 0 Å². The van der Waals surface area contributed by atoms with Crippen LogP contribution in [0.1, 0.15) is 15.9 Å². The predicted molar refractivity (Wildman–Crippen MR) is 94.7 cm³/mol. The van der Waals surface area contributed by atoms with Crippen molar-refractivity contribution < 1.29 is 23.7 Å². The zero-order chi connectivity index (χ0) is 18.0. The molecule has 7 heteroatoms. The fourth-order valence-corrected chi connectivity index (χ4v) is 2.68. The number of halogens is 1. The largest absolute Gasteiger partial charge is 0.495 e. The van der Waals surface area contributed by atoms with E-state index in [-0.39, 0.29) is 5.91 Å². The lowest BCUT2D eigenvalue weighted by Crippen LogP contribution is -2.18. The summed E-state index contributed by atoms with van der Waals surface area (Å²) >= 11 is 6.10. The minimum atomic E-state index is -0.324. The van der Waals surface area contributed by atoms with Gasteiger partial charge in [-0.15, -0.1) is 0 Å². The molecular weight excluding hydrogens is 346 g/mol. The molecule has 0 aromatic heterocycles. The van der Waals surface area contributed by atoms with E-state index in [1.807, 2.05) is 6.92 Å². The van der Waals surface area contributed by atoms with Crippen molar-refractivity contribution in [2.45, 2.75) is 6.92 Å². The van der Waals surface area contributed by atoms with Gasteiger partial charge in [-0.25, -0.2) is 0 Å². The van der Waals surface area contributed by atoms with Crippen LogP contribution in [0.5, 0.6) is 23.0 Å². The van der Waals surface area contributed by atoms with Crippen LogP contribution < -0.4 is 24.3 Å². The number of carbonyl (C=O) groups is 1. The van der Waals surface area contributed by atoms with Gasteiger partial charge in [0.1, 0.15) is 19.0 Å². The molecule has 3 rings (SSSR count). The van der Waals surface area contributed by atoms with Gasteiger partial charge < -0.3 is 24.3 Å². The van der Waals surface area contributed by atoms with Crippen molar-refractivity contribution >= 4 is 23.2 Å². The topological polar surface area (TPSA) is 66.0 Å². The molecule has 1 N–H and O–H groups in total. The first kappa shape index (κ1) is 17.2. The van der Waals surface area contributed by atoms with Gasteiger partial charge in [0.25, 0.3) is 5.91 Å². The Bertz CT molecular complexity index is 804. The average molecular weight is 364 g/mol. The average Bonchev–Trinajstić information content (AvgIpc) is 2.63. The van der Waals surface area contributed by atoms with Crippen LogP contribution in [0.25, 0.3) is 0 Å². The Morgan fingerprint density at radius 1 is 1.08 bits per heavy atom. The summed E-state index contributed by atoms with van der Waals surface area (Å²) in [5.74, 6) is 1.59. The van der Waals surface area contributed by atoms with Gasteiger partial charge in [-0.1, -0.05) is 11.6 Å². The van der Waals surface area contributed by atoms with Crippen LogP contribution in [0.2, 0.25) is 5.02 Å². The van der Waals surface area contributed by atoms with Crippen molar-refractivity contribution in [1.29, 1.82) is 0 Å². The summed E-state index contributed by atoms with van der Waals surface area (Å²) < 4.78 is 21.7. The summed E-state index contributed by atoms with van der Waals surface area (Å²) in [6.45, 7) is 2.71. The Morgan fingerprint density at radius 2 is 1.80 bits per heavy atom. The highest BCUT2D eigenvalue weighted by atomic mass is 35.5. The molecule has 25 heavy (non-hydrogen) atoms. The maximum atomic E-state index is 12.7. The summed E-state index contributed by atoms with van der Waals surface area (Å²) in [6.07, 6.45) is 0. The first-order valence-corrected chi connectivity index (χ1v) is 8.04. The smallest absolute Gasteiger partial charge is 0.256 e. The molecule has 0 fully saturated rings. The van der Waals surface area contributed by atoms with Crippen LogP contribution >= 0.6 is 11.6 Å². The zero-order valence-corrected chi connectivity index (χ0v) is 14.9. The molecule has 0 unspecified atom stereocenters. The molecule has 1 heterocycles. The molecule has 0 saturated carbocycles. The number of hydrogen-bond donors (Lipinski definition) is 1. The number of rotatable bonds is 4. The second kappa shape index (κ2) is 7.11. The summed E-state index contributed by atoms with van der Waals surface area (Å²) in [4.78, 5) is 12.7. The first-order valence-electron chi connectivity index (χ1n) is 7.66. The lowest BCUT2D eigenvalue weighted by atomic mass is 10.1. The molecule has 0 saturated heterocycles. The standard InChI is InChI=1S/C18H18ClNO5/c1-10-6-13(14(22-2)9-12(10)19)20-18(21)11-7-15(23-3)17-16(8-11)24-4-5-25-17/h6-9H,4-5H2,1-3H3,(H,20,21). The van der Waals surface area contributed by atoms with E-state index in [0.717, 1.165) is 5.56 Å². The second-order valence-corrected chi connectivity index (χ2v) is 5.87. The van der Waals surface area contributed by atoms with E-state index in [1.54, 1.807) is 24.3 Å². The van der Waals surface area contributed by atoms with Crippen molar-refractivity contribution in [2.75, 3.05) is 32.8 Å². The third-order valence-corrected chi connectivity index (χ3v) is 4.23. The predicted octanol–water partition coefficient (Wildman–Crippen LogP) is 3.69. The lowest BCUT2D eigenvalue weighted by Gasteiger charge is -2.21. The number of methoxy groups -OCH3 is 2. The molecule has 6 nitrogen and oxygen atoms in total. The Morgan fingerprint density at radius 3 is 2.52 bits per heavy atom. The van der Waals surface area contributed by atoms with E-state index < -0.39 is 0 Å². The monoisotopic (exact) mass is 363 g/mol. The highest BCUT2D eigenvalue weighted by Gasteiger charge is 2.21. The van der Waals surface area contributed by atoms with Crippen LogP contribution in [-0.2, 0) is 0 Å². The maximum Gasteiger partial charge on any atom is 0.256 e. The third-order valence-electron chi connectivity index (χ3n) is 3.82. The lowest BCUT2D eigenvalue weighted by molar-refractivity contribution is 0.102. The molecule has 0 spiro atoms. The molecule has 0 radical (unpaired) electrons. The van der Waals surface area contributed by atoms with Gasteiger partial charge >= 0.3 is 0 Å². The fourth-order valence-electron chi connectivity index (χ4n) is 2.53. The van der Waals surface area contributed by atoms with E-state index in [2.05, 4.69) is 5.32 Å². The minimum Gasteiger partial charge on any atom is -0.495 e. The van der Waals surface area contributed by atoms with Gasteiger partial charge in [-0.05, 0) is 30.7 Å². The number of hydrogen-bond acceptors (Lipinski definition) is 5. The van der Waals surface area contributed by atoms with Crippen LogP contribution in [0.15, 0.2) is 24.3 Å². The Hall–Kier alpha value is -2.60. The van der Waals surface area contributed by atoms with Crippen LogP contribution in [-0.4, -0.2) is 33.3 Å². The fraction of sp³-hybridized carbons (Fsp3) is 0.278. The molecule has 132 valence electrons. The van der Waals surface area contributed by atoms with E-state index in [4.69, 9.17) is 30.5 Å². The van der Waals surface area contributed by atoms with Crippen LogP contribution in [0.3, 0.4) is 0 Å². The second-order valence-electron chi connectivity index (χ2n) is 5.46. The molecular formula is C18H18ClNO5. The van der Waals surface area contributed by atoms with Crippen LogP contribution in [0, 0.1) is 6.92 Å². The Kier molecular flexibility index (Phi) is 4.90. The Labute approximate surface area is 150 Å². The van der Waals surface area contributed by atoms with E-state index in [0.29, 0.717) is 52.5 Å². The molecule has 1 aliphatic heterocycles. The van der Waals surface area contributed by atoms with E-state index in [1.165, 1.54) is 14.2 Å². The maximum absolute atomic E-state index is 12.7. The number of ether oxygens (including phenoxy) is 4. The third kappa shape index (κ3) is 3.44. The van der Waals surface area contributed by atoms with Crippen LogP contribution in [0.4, 0.5) is 5.69 Å². The van der Waals surface area contributed by atoms with Gasteiger partial charge in [0.2, 0.25) is 5.75 Å². The molecule has 2 aromatic carbocycles. The summed E-state index contributed by atoms with van der Waals surface area (Å²) in [5, 5.41) is 3.40. The summed E-state index contributed by atoms with van der Waals surface area (Å²) in [5.41, 5.74) is 1.75. The SMILES string of the molecule is COc1cc(Cl)c(C)cc1NC(=O)c1cc(OC)c2c(c1)OCCO2. The number of fused-ring (bicyclic) bond motifs is 1. The van der Waals surface area contributed by atoms with Gasteiger partial charge in [0.15, 0.2) is 11.5 Å². The molecule has 0 atom stereocenters. The number of benzene rings is 2. The molecule has 1 aliphatic rings. The highest BCUT2D eigenvalue weighted by molar-refractivity contribution is 6.31.